The largest absolute Gasteiger partial charge is 0.357 e. The van der Waals surface area contributed by atoms with Crippen molar-refractivity contribution in [1.29, 1.82) is 0 Å². The fraction of sp³-hybridized carbons (Fsp3) is 0.786. The summed E-state index contributed by atoms with van der Waals surface area (Å²) in [5.74, 6) is 2.04. The van der Waals surface area contributed by atoms with E-state index in [0.29, 0.717) is 11.9 Å². The van der Waals surface area contributed by atoms with Gasteiger partial charge in [-0.3, -0.25) is 0 Å². The van der Waals surface area contributed by atoms with Crippen LogP contribution in [0.5, 0.6) is 0 Å². The van der Waals surface area contributed by atoms with Gasteiger partial charge < -0.3 is 15.1 Å². The molecule has 0 unspecified atom stereocenters. The molecule has 1 rings (SSSR count). The zero-order valence-electron chi connectivity index (χ0n) is 13.9. The van der Waals surface area contributed by atoms with Gasteiger partial charge >= 0.3 is 0 Å². The van der Waals surface area contributed by atoms with Crippen molar-refractivity contribution in [3.8, 4) is 0 Å². The number of nitrogens with one attached hydrogen (secondary N) is 1. The van der Waals surface area contributed by atoms with Crippen LogP contribution in [-0.4, -0.2) is 47.7 Å². The molecule has 6 nitrogen and oxygen atoms in total. The summed E-state index contributed by atoms with van der Waals surface area (Å²) >= 11 is 0. The highest BCUT2D eigenvalue weighted by atomic mass is 15.4. The second-order valence-corrected chi connectivity index (χ2v) is 5.41. The van der Waals surface area contributed by atoms with Gasteiger partial charge in [0.1, 0.15) is 0 Å². The number of rotatable bonds is 7. The molecule has 1 aromatic rings. The van der Waals surface area contributed by atoms with E-state index in [1.54, 1.807) is 0 Å². The normalized spacial score (nSPS) is 11.3. The number of anilines is 3. The monoisotopic (exact) mass is 280 g/mol. The molecule has 114 valence electrons. The van der Waals surface area contributed by atoms with Gasteiger partial charge in [0, 0.05) is 32.7 Å². The number of hydrogen-bond donors (Lipinski definition) is 1. The smallest absolute Gasteiger partial charge is 0.232 e. The highest BCUT2D eigenvalue weighted by molar-refractivity contribution is 5.45. The predicted molar refractivity (Wildman–Crippen MR) is 85.7 cm³/mol. The van der Waals surface area contributed by atoms with Crippen molar-refractivity contribution in [2.75, 3.05) is 42.3 Å². The molecule has 0 saturated carbocycles. The minimum absolute atomic E-state index is 0.00684. The van der Waals surface area contributed by atoms with Gasteiger partial charge in [-0.2, -0.15) is 15.0 Å². The van der Waals surface area contributed by atoms with Crippen molar-refractivity contribution in [1.82, 2.24) is 15.0 Å². The summed E-state index contributed by atoms with van der Waals surface area (Å²) in [5.41, 5.74) is 0.00684. The molecule has 1 aromatic heterocycles. The average Bonchev–Trinajstić information content (AvgIpc) is 2.47. The van der Waals surface area contributed by atoms with Gasteiger partial charge in [-0.25, -0.2) is 0 Å². The van der Waals surface area contributed by atoms with Crippen molar-refractivity contribution in [3.63, 3.8) is 0 Å². The standard InChI is InChI=1S/C14H28N6/c1-8-14(4,5)19(7)12-16-11(15-6)17-13(18-12)20(9-2)10-3/h8-10H2,1-7H3,(H,15,16,17,18). The first kappa shape index (κ1) is 16.5. The molecule has 20 heavy (non-hydrogen) atoms. The SMILES string of the molecule is CCN(CC)c1nc(NC)nc(N(C)C(C)(C)CC)n1. The Balaban J connectivity index is 3.23. The Morgan fingerprint density at radius 3 is 2.00 bits per heavy atom. The number of aromatic nitrogens is 3. The summed E-state index contributed by atoms with van der Waals surface area (Å²) < 4.78 is 0. The molecule has 6 heteroatoms. The van der Waals surface area contributed by atoms with Crippen molar-refractivity contribution < 1.29 is 0 Å². The lowest BCUT2D eigenvalue weighted by Crippen LogP contribution is -2.42. The summed E-state index contributed by atoms with van der Waals surface area (Å²) in [7, 11) is 3.86. The van der Waals surface area contributed by atoms with Crippen LogP contribution in [0.1, 0.15) is 41.0 Å². The summed E-state index contributed by atoms with van der Waals surface area (Å²) in [6, 6.07) is 0. The first-order valence-corrected chi connectivity index (χ1v) is 7.32. The molecule has 0 aliphatic carbocycles. The molecule has 1 heterocycles. The van der Waals surface area contributed by atoms with Gasteiger partial charge in [0.05, 0.1) is 0 Å². The first-order valence-electron chi connectivity index (χ1n) is 7.32. The zero-order chi connectivity index (χ0) is 15.3. The van der Waals surface area contributed by atoms with Crippen LogP contribution in [0.2, 0.25) is 0 Å². The molecular formula is C14H28N6. The van der Waals surface area contributed by atoms with Gasteiger partial charge in [-0.05, 0) is 34.1 Å². The number of nitrogens with zero attached hydrogens (tertiary/aromatic N) is 5. The second kappa shape index (κ2) is 6.72. The van der Waals surface area contributed by atoms with Crippen molar-refractivity contribution >= 4 is 17.8 Å². The Hall–Kier alpha value is -1.59. The van der Waals surface area contributed by atoms with Gasteiger partial charge in [0.25, 0.3) is 0 Å². The molecule has 0 fully saturated rings. The molecule has 0 radical (unpaired) electrons. The molecular weight excluding hydrogens is 252 g/mol. The molecule has 0 aromatic carbocycles. The molecule has 0 saturated heterocycles. The van der Waals surface area contributed by atoms with Gasteiger partial charge in [-0.1, -0.05) is 6.92 Å². The zero-order valence-corrected chi connectivity index (χ0v) is 13.9. The molecule has 0 aliphatic rings. The summed E-state index contributed by atoms with van der Waals surface area (Å²) in [5, 5.41) is 3.02. The Bertz CT molecular complexity index is 428. The van der Waals surface area contributed by atoms with E-state index < -0.39 is 0 Å². The van der Waals surface area contributed by atoms with E-state index in [-0.39, 0.29) is 5.54 Å². The fourth-order valence-corrected chi connectivity index (χ4v) is 1.77. The first-order chi connectivity index (χ1) is 9.39. The Labute approximate surface area is 122 Å². The highest BCUT2D eigenvalue weighted by Crippen LogP contribution is 2.24. The Kier molecular flexibility index (Phi) is 5.53. The third kappa shape index (κ3) is 3.49. The van der Waals surface area contributed by atoms with Crippen LogP contribution in [0.3, 0.4) is 0 Å². The van der Waals surface area contributed by atoms with E-state index in [0.717, 1.165) is 25.5 Å². The minimum atomic E-state index is 0.00684. The molecule has 0 bridgehead atoms. The van der Waals surface area contributed by atoms with Crippen LogP contribution in [0.25, 0.3) is 0 Å². The number of hydrogen-bond acceptors (Lipinski definition) is 6. The quantitative estimate of drug-likeness (QED) is 0.827. The van der Waals surface area contributed by atoms with Crippen LogP contribution in [-0.2, 0) is 0 Å². The molecule has 0 atom stereocenters. The summed E-state index contributed by atoms with van der Waals surface area (Å²) in [4.78, 5) is 17.8. The summed E-state index contributed by atoms with van der Waals surface area (Å²) in [6.45, 7) is 12.5. The Morgan fingerprint density at radius 1 is 1.00 bits per heavy atom. The highest BCUT2D eigenvalue weighted by Gasteiger charge is 2.25. The van der Waals surface area contributed by atoms with Gasteiger partial charge in [-0.15, -0.1) is 0 Å². The maximum atomic E-state index is 4.63. The molecule has 0 amide bonds. The van der Waals surface area contributed by atoms with E-state index in [1.165, 1.54) is 0 Å². The third-order valence-corrected chi connectivity index (χ3v) is 3.95. The van der Waals surface area contributed by atoms with E-state index in [1.807, 2.05) is 14.1 Å². The van der Waals surface area contributed by atoms with E-state index >= 15 is 0 Å². The average molecular weight is 280 g/mol. The van der Waals surface area contributed by atoms with Gasteiger partial charge in [0.2, 0.25) is 17.8 Å². The van der Waals surface area contributed by atoms with Crippen molar-refractivity contribution in [3.05, 3.63) is 0 Å². The van der Waals surface area contributed by atoms with Crippen molar-refractivity contribution in [2.24, 2.45) is 0 Å². The van der Waals surface area contributed by atoms with E-state index in [2.05, 4.69) is 64.7 Å². The molecule has 0 aliphatic heterocycles. The second-order valence-electron chi connectivity index (χ2n) is 5.41. The van der Waals surface area contributed by atoms with Gasteiger partial charge in [0.15, 0.2) is 0 Å². The van der Waals surface area contributed by atoms with Crippen molar-refractivity contribution in [2.45, 2.75) is 46.6 Å². The van der Waals surface area contributed by atoms with Crippen LogP contribution >= 0.6 is 0 Å². The lowest BCUT2D eigenvalue weighted by molar-refractivity contribution is 0.463. The lowest BCUT2D eigenvalue weighted by Gasteiger charge is -2.35. The minimum Gasteiger partial charge on any atom is -0.357 e. The predicted octanol–water partition coefficient (Wildman–Crippen LogP) is 2.38. The fourth-order valence-electron chi connectivity index (χ4n) is 1.77. The van der Waals surface area contributed by atoms with Crippen LogP contribution in [0.4, 0.5) is 17.8 Å². The van der Waals surface area contributed by atoms with Crippen LogP contribution in [0, 0.1) is 0 Å². The summed E-state index contributed by atoms with van der Waals surface area (Å²) in [6.07, 6.45) is 1.02. The van der Waals surface area contributed by atoms with Crippen LogP contribution < -0.4 is 15.1 Å². The Morgan fingerprint density at radius 2 is 1.55 bits per heavy atom. The third-order valence-electron chi connectivity index (χ3n) is 3.95. The topological polar surface area (TPSA) is 57.2 Å². The maximum Gasteiger partial charge on any atom is 0.232 e. The van der Waals surface area contributed by atoms with E-state index in [4.69, 9.17) is 0 Å². The van der Waals surface area contributed by atoms with E-state index in [9.17, 15) is 0 Å². The molecule has 1 N–H and O–H groups in total. The van der Waals surface area contributed by atoms with Crippen LogP contribution in [0.15, 0.2) is 0 Å². The lowest BCUT2D eigenvalue weighted by atomic mass is 10.0. The maximum absolute atomic E-state index is 4.63. The molecule has 0 spiro atoms.